The van der Waals surface area contributed by atoms with Gasteiger partial charge in [-0.05, 0) is 13.0 Å². The van der Waals surface area contributed by atoms with Gasteiger partial charge in [0.1, 0.15) is 16.9 Å². The number of aryl methyl sites for hydroxylation is 1. The van der Waals surface area contributed by atoms with Gasteiger partial charge in [-0.1, -0.05) is 42.5 Å². The van der Waals surface area contributed by atoms with E-state index in [0.717, 1.165) is 22.3 Å². The molecule has 0 spiro atoms. The van der Waals surface area contributed by atoms with E-state index in [9.17, 15) is 9.90 Å². The molecule has 19 heavy (non-hydrogen) atoms. The average molecular weight is 252 g/mol. The van der Waals surface area contributed by atoms with Crippen LogP contribution >= 0.6 is 0 Å². The van der Waals surface area contributed by atoms with E-state index in [4.69, 9.17) is 4.42 Å². The molecule has 0 unspecified atom stereocenters. The fraction of sp³-hybridized carbons (Fsp3) is 0.0625. The molecule has 0 saturated carbocycles. The summed E-state index contributed by atoms with van der Waals surface area (Å²) in [7, 11) is 0. The summed E-state index contributed by atoms with van der Waals surface area (Å²) in [6.45, 7) is 1.94. The number of carboxylic acids is 1. The Labute approximate surface area is 110 Å². The van der Waals surface area contributed by atoms with Crippen LogP contribution < -0.4 is 0 Å². The number of rotatable bonds is 2. The van der Waals surface area contributed by atoms with Gasteiger partial charge < -0.3 is 9.52 Å². The zero-order valence-corrected chi connectivity index (χ0v) is 10.4. The van der Waals surface area contributed by atoms with E-state index >= 15 is 0 Å². The monoisotopic (exact) mass is 252 g/mol. The standard InChI is InChI=1S/C16H12O3/c1-10-12-8-5-9-13(16(17)18)15(12)19-14(10)11-6-3-2-4-7-11/h2-9H,1H3,(H,17,18). The van der Waals surface area contributed by atoms with Crippen molar-refractivity contribution < 1.29 is 14.3 Å². The van der Waals surface area contributed by atoms with Crippen LogP contribution in [0.3, 0.4) is 0 Å². The second-order valence-electron chi connectivity index (χ2n) is 4.41. The first-order valence-electron chi connectivity index (χ1n) is 5.99. The van der Waals surface area contributed by atoms with Gasteiger partial charge in [-0.25, -0.2) is 4.79 Å². The number of carboxylic acid groups (broad SMARTS) is 1. The lowest BCUT2D eigenvalue weighted by Crippen LogP contribution is -1.95. The highest BCUT2D eigenvalue weighted by atomic mass is 16.4. The number of aromatic carboxylic acids is 1. The number of furan rings is 1. The third-order valence-electron chi connectivity index (χ3n) is 3.23. The SMILES string of the molecule is Cc1c(-c2ccccc2)oc2c(C(=O)O)cccc12. The van der Waals surface area contributed by atoms with Gasteiger partial charge in [-0.15, -0.1) is 0 Å². The zero-order chi connectivity index (χ0) is 13.4. The van der Waals surface area contributed by atoms with Crippen molar-refractivity contribution in [3.63, 3.8) is 0 Å². The fourth-order valence-corrected chi connectivity index (χ4v) is 2.28. The molecule has 1 aromatic heterocycles. The lowest BCUT2D eigenvalue weighted by molar-refractivity contribution is 0.0698. The van der Waals surface area contributed by atoms with Crippen LogP contribution in [-0.4, -0.2) is 11.1 Å². The summed E-state index contributed by atoms with van der Waals surface area (Å²) in [5.74, 6) is -0.247. The first kappa shape index (κ1) is 11.5. The van der Waals surface area contributed by atoms with Crippen molar-refractivity contribution in [3.05, 3.63) is 59.7 Å². The molecule has 0 radical (unpaired) electrons. The third-order valence-corrected chi connectivity index (χ3v) is 3.23. The van der Waals surface area contributed by atoms with E-state index in [1.165, 1.54) is 0 Å². The maximum Gasteiger partial charge on any atom is 0.339 e. The van der Waals surface area contributed by atoms with Gasteiger partial charge >= 0.3 is 5.97 Å². The predicted molar refractivity (Wildman–Crippen MR) is 73.3 cm³/mol. The van der Waals surface area contributed by atoms with Gasteiger partial charge in [-0.3, -0.25) is 0 Å². The van der Waals surface area contributed by atoms with Crippen LogP contribution in [0.5, 0.6) is 0 Å². The number of fused-ring (bicyclic) bond motifs is 1. The van der Waals surface area contributed by atoms with Crippen LogP contribution in [0, 0.1) is 6.92 Å². The van der Waals surface area contributed by atoms with E-state index < -0.39 is 5.97 Å². The molecule has 0 aliphatic rings. The number of hydrogen-bond acceptors (Lipinski definition) is 2. The number of para-hydroxylation sites is 1. The highest BCUT2D eigenvalue weighted by Crippen LogP contribution is 2.34. The summed E-state index contributed by atoms with van der Waals surface area (Å²) in [6, 6.07) is 14.9. The molecule has 3 nitrogen and oxygen atoms in total. The van der Waals surface area contributed by atoms with Crippen molar-refractivity contribution in [1.82, 2.24) is 0 Å². The predicted octanol–water partition coefficient (Wildman–Crippen LogP) is 4.11. The van der Waals surface area contributed by atoms with E-state index in [-0.39, 0.29) is 5.56 Å². The fourth-order valence-electron chi connectivity index (χ4n) is 2.28. The molecule has 3 heteroatoms. The molecule has 0 aliphatic heterocycles. The molecule has 3 rings (SSSR count). The van der Waals surface area contributed by atoms with Crippen LogP contribution in [0.25, 0.3) is 22.3 Å². The first-order valence-corrected chi connectivity index (χ1v) is 5.99. The van der Waals surface area contributed by atoms with Crippen molar-refractivity contribution in [2.75, 3.05) is 0 Å². The molecule has 0 bridgehead atoms. The maximum absolute atomic E-state index is 11.2. The third kappa shape index (κ3) is 1.80. The van der Waals surface area contributed by atoms with Gasteiger partial charge in [0.15, 0.2) is 0 Å². The number of hydrogen-bond donors (Lipinski definition) is 1. The minimum Gasteiger partial charge on any atom is -0.478 e. The second-order valence-corrected chi connectivity index (χ2v) is 4.41. The lowest BCUT2D eigenvalue weighted by atomic mass is 10.1. The Bertz CT molecular complexity index is 754. The zero-order valence-electron chi connectivity index (χ0n) is 10.4. The summed E-state index contributed by atoms with van der Waals surface area (Å²) >= 11 is 0. The van der Waals surface area contributed by atoms with E-state index in [0.29, 0.717) is 5.58 Å². The Hall–Kier alpha value is -2.55. The van der Waals surface area contributed by atoms with E-state index in [1.807, 2.05) is 43.3 Å². The smallest absolute Gasteiger partial charge is 0.339 e. The van der Waals surface area contributed by atoms with Gasteiger partial charge in [0.2, 0.25) is 0 Å². The summed E-state index contributed by atoms with van der Waals surface area (Å²) < 4.78 is 5.80. The molecule has 0 saturated heterocycles. The summed E-state index contributed by atoms with van der Waals surface area (Å²) in [4.78, 5) is 11.2. The molecule has 0 atom stereocenters. The molecule has 3 aromatic rings. The molecular formula is C16H12O3. The van der Waals surface area contributed by atoms with Gasteiger partial charge in [0.25, 0.3) is 0 Å². The van der Waals surface area contributed by atoms with Crippen molar-refractivity contribution in [2.45, 2.75) is 6.92 Å². The molecule has 0 amide bonds. The molecule has 2 aromatic carbocycles. The minimum atomic E-state index is -0.973. The summed E-state index contributed by atoms with van der Waals surface area (Å²) in [6.07, 6.45) is 0. The average Bonchev–Trinajstić information content (AvgIpc) is 2.77. The van der Waals surface area contributed by atoms with Crippen LogP contribution in [0.4, 0.5) is 0 Å². The molecule has 0 fully saturated rings. The van der Waals surface area contributed by atoms with Crippen molar-refractivity contribution in [1.29, 1.82) is 0 Å². The molecule has 94 valence electrons. The van der Waals surface area contributed by atoms with Crippen molar-refractivity contribution in [2.24, 2.45) is 0 Å². The minimum absolute atomic E-state index is 0.197. The maximum atomic E-state index is 11.2. The molecule has 1 heterocycles. The molecule has 1 N–H and O–H groups in total. The lowest BCUT2D eigenvalue weighted by Gasteiger charge is -1.97. The van der Waals surface area contributed by atoms with Crippen LogP contribution in [0.1, 0.15) is 15.9 Å². The van der Waals surface area contributed by atoms with Crippen LogP contribution in [0.15, 0.2) is 52.9 Å². The Morgan fingerprint density at radius 2 is 1.79 bits per heavy atom. The Kier molecular flexibility index (Phi) is 2.60. The first-order chi connectivity index (χ1) is 9.18. The normalized spacial score (nSPS) is 10.8. The van der Waals surface area contributed by atoms with Gasteiger partial charge in [-0.2, -0.15) is 0 Å². The number of carbonyl (C=O) groups is 1. The van der Waals surface area contributed by atoms with Crippen molar-refractivity contribution >= 4 is 16.9 Å². The topological polar surface area (TPSA) is 50.4 Å². The highest BCUT2D eigenvalue weighted by molar-refractivity contribution is 6.03. The Morgan fingerprint density at radius 3 is 2.47 bits per heavy atom. The van der Waals surface area contributed by atoms with Gasteiger partial charge in [0.05, 0.1) is 0 Å². The summed E-state index contributed by atoms with van der Waals surface area (Å²) in [5.41, 5.74) is 2.55. The number of benzene rings is 2. The molecule has 0 aliphatic carbocycles. The van der Waals surface area contributed by atoms with E-state index in [1.54, 1.807) is 12.1 Å². The quantitative estimate of drug-likeness (QED) is 0.746. The molecular weight excluding hydrogens is 240 g/mol. The highest BCUT2D eigenvalue weighted by Gasteiger charge is 2.17. The van der Waals surface area contributed by atoms with E-state index in [2.05, 4.69) is 0 Å². The van der Waals surface area contributed by atoms with Gasteiger partial charge in [0, 0.05) is 16.5 Å². The van der Waals surface area contributed by atoms with Crippen LogP contribution in [-0.2, 0) is 0 Å². The second kappa shape index (κ2) is 4.28. The Balaban J connectivity index is 2.32. The largest absolute Gasteiger partial charge is 0.478 e. The summed E-state index contributed by atoms with van der Waals surface area (Å²) in [5, 5.41) is 10.0. The van der Waals surface area contributed by atoms with Crippen LogP contribution in [0.2, 0.25) is 0 Å². The van der Waals surface area contributed by atoms with Crippen molar-refractivity contribution in [3.8, 4) is 11.3 Å². The Morgan fingerprint density at radius 1 is 1.05 bits per heavy atom.